The Balaban J connectivity index is 1.95. The van der Waals surface area contributed by atoms with Crippen molar-refractivity contribution in [3.05, 3.63) is 47.7 Å². The molecule has 0 unspecified atom stereocenters. The van der Waals surface area contributed by atoms with Gasteiger partial charge >= 0.3 is 0 Å². The number of methoxy groups -OCH3 is 1. The number of rotatable bonds is 7. The predicted octanol–water partition coefficient (Wildman–Crippen LogP) is 5.68. The Bertz CT molecular complexity index is 902. The summed E-state index contributed by atoms with van der Waals surface area (Å²) in [5, 5.41) is 1.51. The van der Waals surface area contributed by atoms with Gasteiger partial charge in [0.05, 0.1) is 7.11 Å². The third-order valence-electron chi connectivity index (χ3n) is 4.31. The van der Waals surface area contributed by atoms with E-state index in [0.29, 0.717) is 11.9 Å². The number of hydrogen-bond acceptors (Lipinski definition) is 3. The van der Waals surface area contributed by atoms with Crippen molar-refractivity contribution in [1.29, 1.82) is 0 Å². The highest BCUT2D eigenvalue weighted by Crippen LogP contribution is 2.36. The molecule has 0 bridgehead atoms. The first kappa shape index (κ1) is 19.0. The molecule has 138 valence electrons. The third kappa shape index (κ3) is 4.28. The van der Waals surface area contributed by atoms with E-state index in [0.717, 1.165) is 40.6 Å². The van der Waals surface area contributed by atoms with Crippen LogP contribution in [0.1, 0.15) is 0 Å². The summed E-state index contributed by atoms with van der Waals surface area (Å²) in [4.78, 5) is 4.52. The Labute approximate surface area is 160 Å². The molecule has 26 heavy (non-hydrogen) atoms. The van der Waals surface area contributed by atoms with Crippen LogP contribution in [0.4, 0.5) is 0 Å². The molecule has 2 aromatic heterocycles. The molecule has 3 rings (SSSR count). The van der Waals surface area contributed by atoms with Gasteiger partial charge in [-0.05, 0) is 24.2 Å². The topological polar surface area (TPSA) is 36.3 Å². The van der Waals surface area contributed by atoms with Gasteiger partial charge in [-0.25, -0.2) is 4.98 Å². The van der Waals surface area contributed by atoms with Crippen LogP contribution in [0.3, 0.4) is 0 Å². The molecule has 0 fully saturated rings. The van der Waals surface area contributed by atoms with Gasteiger partial charge in [-0.2, -0.15) is 0 Å². The fourth-order valence-electron chi connectivity index (χ4n) is 2.86. The fourth-order valence-corrected chi connectivity index (χ4v) is 3.76. The predicted molar refractivity (Wildman–Crippen MR) is 111 cm³/mol. The zero-order valence-corrected chi connectivity index (χ0v) is 17.5. The number of benzene rings is 1. The summed E-state index contributed by atoms with van der Waals surface area (Å²) in [6.45, 7) is 8.27. The van der Waals surface area contributed by atoms with Crippen LogP contribution >= 0.6 is 11.6 Å². The Morgan fingerprint density at radius 1 is 1.08 bits per heavy atom. The minimum atomic E-state index is -1.11. The molecule has 0 saturated heterocycles. The molecule has 0 atom stereocenters. The van der Waals surface area contributed by atoms with E-state index >= 15 is 0 Å². The summed E-state index contributed by atoms with van der Waals surface area (Å²) in [7, 11) is 0.582. The summed E-state index contributed by atoms with van der Waals surface area (Å²) in [6, 6.07) is 13.0. The minimum Gasteiger partial charge on any atom is -0.496 e. The highest BCUT2D eigenvalue weighted by atomic mass is 35.5. The molecule has 0 N–H and O–H groups in total. The van der Waals surface area contributed by atoms with Crippen LogP contribution in [0.5, 0.6) is 5.75 Å². The molecule has 0 aliphatic heterocycles. The highest BCUT2D eigenvalue weighted by molar-refractivity contribution is 6.76. The van der Waals surface area contributed by atoms with E-state index in [1.165, 1.54) is 0 Å². The van der Waals surface area contributed by atoms with Gasteiger partial charge in [0.15, 0.2) is 0 Å². The summed E-state index contributed by atoms with van der Waals surface area (Å²) in [5.74, 6) is 0.834. The lowest BCUT2D eigenvalue weighted by Gasteiger charge is -2.15. The Morgan fingerprint density at radius 3 is 2.58 bits per heavy atom. The van der Waals surface area contributed by atoms with Crippen molar-refractivity contribution in [2.24, 2.45) is 0 Å². The van der Waals surface area contributed by atoms with E-state index in [-0.39, 0.29) is 0 Å². The van der Waals surface area contributed by atoms with Gasteiger partial charge < -0.3 is 14.0 Å². The van der Waals surface area contributed by atoms with Gasteiger partial charge in [0.1, 0.15) is 23.3 Å². The van der Waals surface area contributed by atoms with E-state index in [1.807, 2.05) is 34.9 Å². The van der Waals surface area contributed by atoms with Crippen LogP contribution < -0.4 is 4.74 Å². The summed E-state index contributed by atoms with van der Waals surface area (Å²) < 4.78 is 13.5. The molecule has 6 heteroatoms. The van der Waals surface area contributed by atoms with E-state index in [1.54, 1.807) is 7.11 Å². The average molecular weight is 389 g/mol. The zero-order valence-electron chi connectivity index (χ0n) is 15.8. The molecular formula is C20H25ClN2O2Si. The van der Waals surface area contributed by atoms with Crippen molar-refractivity contribution in [3.63, 3.8) is 0 Å². The maximum absolute atomic E-state index is 6.14. The first-order chi connectivity index (χ1) is 12.4. The van der Waals surface area contributed by atoms with Gasteiger partial charge in [0.2, 0.25) is 0 Å². The number of aromatic nitrogens is 2. The second kappa shape index (κ2) is 7.82. The van der Waals surface area contributed by atoms with Crippen LogP contribution in [0.25, 0.3) is 22.2 Å². The average Bonchev–Trinajstić information content (AvgIpc) is 2.95. The number of ether oxygens (including phenoxy) is 2. The van der Waals surface area contributed by atoms with E-state index in [2.05, 4.69) is 36.9 Å². The van der Waals surface area contributed by atoms with Gasteiger partial charge in [-0.1, -0.05) is 49.4 Å². The maximum Gasteiger partial charge on any atom is 0.144 e. The maximum atomic E-state index is 6.14. The molecule has 4 nitrogen and oxygen atoms in total. The van der Waals surface area contributed by atoms with Crippen molar-refractivity contribution in [2.75, 3.05) is 13.7 Å². The van der Waals surface area contributed by atoms with Crippen LogP contribution in [-0.2, 0) is 11.5 Å². The van der Waals surface area contributed by atoms with Crippen molar-refractivity contribution in [3.8, 4) is 16.9 Å². The third-order valence-corrected chi connectivity index (χ3v) is 6.23. The number of para-hydroxylation sites is 1. The van der Waals surface area contributed by atoms with E-state index in [9.17, 15) is 0 Å². The first-order valence-corrected chi connectivity index (χ1v) is 12.8. The van der Waals surface area contributed by atoms with Crippen molar-refractivity contribution in [1.82, 2.24) is 9.55 Å². The molecule has 0 aliphatic carbocycles. The normalized spacial score (nSPS) is 11.9. The van der Waals surface area contributed by atoms with Crippen LogP contribution in [0.15, 0.2) is 42.6 Å². The molecule has 0 saturated carbocycles. The van der Waals surface area contributed by atoms with Gasteiger partial charge in [-0.15, -0.1) is 0 Å². The number of hydrogen-bond donors (Lipinski definition) is 0. The van der Waals surface area contributed by atoms with Crippen LogP contribution in [0.2, 0.25) is 30.8 Å². The largest absolute Gasteiger partial charge is 0.496 e. The molecule has 1 aromatic carbocycles. The summed E-state index contributed by atoms with van der Waals surface area (Å²) in [6.07, 6.45) is 2.07. The molecule has 0 aliphatic rings. The molecular weight excluding hydrogens is 364 g/mol. The zero-order chi connectivity index (χ0) is 18.7. The quantitative estimate of drug-likeness (QED) is 0.297. The second-order valence-electron chi connectivity index (χ2n) is 7.57. The lowest BCUT2D eigenvalue weighted by atomic mass is 10.1. The van der Waals surface area contributed by atoms with Gasteiger partial charge in [0, 0.05) is 37.4 Å². The van der Waals surface area contributed by atoms with E-state index < -0.39 is 8.07 Å². The Morgan fingerprint density at radius 2 is 1.85 bits per heavy atom. The van der Waals surface area contributed by atoms with E-state index in [4.69, 9.17) is 21.1 Å². The number of pyridine rings is 1. The second-order valence-corrected chi connectivity index (χ2v) is 13.6. The molecule has 0 spiro atoms. The SMILES string of the molecule is COc1ccccc1-c1cn(COCC[Si](C)(C)C)c2nc(Cl)ccc12. The van der Waals surface area contributed by atoms with Crippen LogP contribution in [-0.4, -0.2) is 31.3 Å². The highest BCUT2D eigenvalue weighted by Gasteiger charge is 2.16. The Kier molecular flexibility index (Phi) is 5.70. The standard InChI is InChI=1S/C20H25ClN2O2Si/c1-24-18-8-6-5-7-15(18)17-13-23(14-25-11-12-26(2,3)4)20-16(17)9-10-19(21)22-20/h5-10,13H,11-12,14H2,1-4H3. The first-order valence-electron chi connectivity index (χ1n) is 8.75. The van der Waals surface area contributed by atoms with Crippen molar-refractivity contribution >= 4 is 30.7 Å². The number of nitrogens with zero attached hydrogens (tertiary/aromatic N) is 2. The van der Waals surface area contributed by atoms with Crippen LogP contribution in [0, 0.1) is 0 Å². The van der Waals surface area contributed by atoms with Crippen molar-refractivity contribution in [2.45, 2.75) is 32.4 Å². The summed E-state index contributed by atoms with van der Waals surface area (Å²) in [5.41, 5.74) is 2.92. The molecule has 0 radical (unpaired) electrons. The fraction of sp³-hybridized carbons (Fsp3) is 0.350. The number of fused-ring (bicyclic) bond motifs is 1. The Hall–Kier alpha value is -1.82. The minimum absolute atomic E-state index is 0.462. The monoisotopic (exact) mass is 388 g/mol. The lowest BCUT2D eigenvalue weighted by molar-refractivity contribution is 0.0899. The molecule has 2 heterocycles. The summed E-state index contributed by atoms with van der Waals surface area (Å²) >= 11 is 6.14. The van der Waals surface area contributed by atoms with Crippen molar-refractivity contribution < 1.29 is 9.47 Å². The van der Waals surface area contributed by atoms with Gasteiger partial charge in [0.25, 0.3) is 0 Å². The molecule has 0 amide bonds. The smallest absolute Gasteiger partial charge is 0.144 e. The lowest BCUT2D eigenvalue weighted by Crippen LogP contribution is -2.22. The molecule has 3 aromatic rings. The van der Waals surface area contributed by atoms with Gasteiger partial charge in [-0.3, -0.25) is 0 Å². The number of halogens is 1.